The van der Waals surface area contributed by atoms with Crippen LogP contribution in [0.25, 0.3) is 0 Å². The summed E-state index contributed by atoms with van der Waals surface area (Å²) >= 11 is 0. The molecule has 3 rings (SSSR count). The molecule has 1 heterocycles. The predicted molar refractivity (Wildman–Crippen MR) is 84.7 cm³/mol. The van der Waals surface area contributed by atoms with Gasteiger partial charge in [-0.15, -0.1) is 0 Å². The van der Waals surface area contributed by atoms with Gasteiger partial charge in [-0.25, -0.2) is 0 Å². The molecule has 1 saturated carbocycles. The lowest BCUT2D eigenvalue weighted by Crippen LogP contribution is -2.41. The molecule has 1 saturated heterocycles. The minimum Gasteiger partial charge on any atom is -0.319 e. The van der Waals surface area contributed by atoms with E-state index in [9.17, 15) is 4.79 Å². The van der Waals surface area contributed by atoms with Crippen molar-refractivity contribution in [2.75, 3.05) is 6.54 Å². The van der Waals surface area contributed by atoms with Gasteiger partial charge in [0.1, 0.15) is 6.17 Å². The van der Waals surface area contributed by atoms with Crippen molar-refractivity contribution in [1.82, 2.24) is 10.2 Å². The van der Waals surface area contributed by atoms with Crippen molar-refractivity contribution in [3.63, 3.8) is 0 Å². The monoisotopic (exact) mass is 286 g/mol. The Labute approximate surface area is 127 Å². The van der Waals surface area contributed by atoms with Gasteiger partial charge in [0.25, 0.3) is 0 Å². The standard InChI is InChI=1S/C18H26N2O/c1-4-14-9-10-16(13(14)3)20-17(21)11-19-18(20)15-7-5-12(2)6-8-15/h5-8,13-14,16,18-19H,4,9-11H2,1-3H3. The molecule has 4 unspecified atom stereocenters. The third-order valence-electron chi connectivity index (χ3n) is 5.47. The lowest BCUT2D eigenvalue weighted by Gasteiger charge is -2.34. The zero-order valence-electron chi connectivity index (χ0n) is 13.3. The van der Waals surface area contributed by atoms with Crippen LogP contribution in [0.2, 0.25) is 0 Å². The molecule has 1 aromatic carbocycles. The maximum atomic E-state index is 12.4. The van der Waals surface area contributed by atoms with Crippen molar-refractivity contribution in [1.29, 1.82) is 0 Å². The summed E-state index contributed by atoms with van der Waals surface area (Å²) in [6, 6.07) is 8.95. The fraction of sp³-hybridized carbons (Fsp3) is 0.611. The summed E-state index contributed by atoms with van der Waals surface area (Å²) < 4.78 is 0. The van der Waals surface area contributed by atoms with Gasteiger partial charge >= 0.3 is 0 Å². The molecule has 114 valence electrons. The largest absolute Gasteiger partial charge is 0.319 e. The molecular formula is C18H26N2O. The number of nitrogens with one attached hydrogen (secondary N) is 1. The van der Waals surface area contributed by atoms with Crippen LogP contribution in [0.5, 0.6) is 0 Å². The Balaban J connectivity index is 1.85. The highest BCUT2D eigenvalue weighted by molar-refractivity contribution is 5.81. The Kier molecular flexibility index (Phi) is 4.03. The van der Waals surface area contributed by atoms with Gasteiger partial charge in [0.2, 0.25) is 5.91 Å². The van der Waals surface area contributed by atoms with Crippen LogP contribution in [-0.2, 0) is 4.79 Å². The molecule has 1 aliphatic carbocycles. The van der Waals surface area contributed by atoms with Gasteiger partial charge in [-0.1, -0.05) is 50.1 Å². The maximum Gasteiger partial charge on any atom is 0.238 e. The fourth-order valence-electron chi connectivity index (χ4n) is 4.11. The van der Waals surface area contributed by atoms with Crippen LogP contribution >= 0.6 is 0 Å². The minimum atomic E-state index is 0.0566. The first-order valence-corrected chi connectivity index (χ1v) is 8.23. The van der Waals surface area contributed by atoms with Crippen molar-refractivity contribution in [2.24, 2.45) is 11.8 Å². The van der Waals surface area contributed by atoms with Gasteiger partial charge in [0, 0.05) is 6.04 Å². The van der Waals surface area contributed by atoms with Crippen molar-refractivity contribution in [2.45, 2.75) is 52.2 Å². The molecule has 1 aromatic rings. The molecule has 0 aromatic heterocycles. The smallest absolute Gasteiger partial charge is 0.238 e. The molecular weight excluding hydrogens is 260 g/mol. The molecule has 2 aliphatic rings. The number of amides is 1. The van der Waals surface area contributed by atoms with Gasteiger partial charge in [-0.05, 0) is 37.2 Å². The summed E-state index contributed by atoms with van der Waals surface area (Å²) in [5.41, 5.74) is 2.47. The minimum absolute atomic E-state index is 0.0566. The average molecular weight is 286 g/mol. The topological polar surface area (TPSA) is 32.3 Å². The van der Waals surface area contributed by atoms with Crippen LogP contribution in [0.15, 0.2) is 24.3 Å². The van der Waals surface area contributed by atoms with E-state index in [1.807, 2.05) is 0 Å². The van der Waals surface area contributed by atoms with Crippen LogP contribution in [0, 0.1) is 18.8 Å². The number of hydrogen-bond acceptors (Lipinski definition) is 2. The molecule has 2 fully saturated rings. The normalized spacial score (nSPS) is 32.9. The zero-order chi connectivity index (χ0) is 15.0. The molecule has 1 aliphatic heterocycles. The van der Waals surface area contributed by atoms with Gasteiger partial charge < -0.3 is 4.90 Å². The van der Waals surface area contributed by atoms with E-state index < -0.39 is 0 Å². The van der Waals surface area contributed by atoms with Crippen LogP contribution in [0.3, 0.4) is 0 Å². The number of hydrogen-bond donors (Lipinski definition) is 1. The zero-order valence-corrected chi connectivity index (χ0v) is 13.3. The van der Waals surface area contributed by atoms with Crippen molar-refractivity contribution in [3.8, 4) is 0 Å². The summed E-state index contributed by atoms with van der Waals surface area (Å²) in [6.07, 6.45) is 3.69. The Morgan fingerprint density at radius 3 is 2.57 bits per heavy atom. The van der Waals surface area contributed by atoms with E-state index in [2.05, 4.69) is 55.3 Å². The van der Waals surface area contributed by atoms with E-state index in [4.69, 9.17) is 0 Å². The Morgan fingerprint density at radius 2 is 1.95 bits per heavy atom. The second kappa shape index (κ2) is 5.80. The molecule has 0 bridgehead atoms. The Bertz CT molecular complexity index is 510. The quantitative estimate of drug-likeness (QED) is 0.925. The van der Waals surface area contributed by atoms with E-state index in [0.717, 1.165) is 12.3 Å². The number of benzene rings is 1. The van der Waals surface area contributed by atoms with E-state index >= 15 is 0 Å². The second-order valence-electron chi connectivity index (χ2n) is 6.67. The molecule has 3 heteroatoms. The third kappa shape index (κ3) is 2.59. The Morgan fingerprint density at radius 1 is 1.24 bits per heavy atom. The maximum absolute atomic E-state index is 12.4. The van der Waals surface area contributed by atoms with Gasteiger partial charge in [0.15, 0.2) is 0 Å². The SMILES string of the molecule is CCC1CCC(N2C(=O)CNC2c2ccc(C)cc2)C1C. The van der Waals surface area contributed by atoms with Crippen LogP contribution in [0.1, 0.15) is 50.4 Å². The molecule has 0 radical (unpaired) electrons. The number of carbonyl (C=O) groups excluding carboxylic acids is 1. The van der Waals surface area contributed by atoms with Crippen LogP contribution < -0.4 is 5.32 Å². The summed E-state index contributed by atoms with van der Waals surface area (Å²) in [4.78, 5) is 14.5. The highest BCUT2D eigenvalue weighted by Gasteiger charge is 2.43. The molecule has 1 amide bonds. The fourth-order valence-corrected chi connectivity index (χ4v) is 4.11. The van der Waals surface area contributed by atoms with Gasteiger partial charge in [-0.2, -0.15) is 0 Å². The third-order valence-corrected chi connectivity index (χ3v) is 5.47. The predicted octanol–water partition coefficient (Wildman–Crippen LogP) is 3.25. The summed E-state index contributed by atoms with van der Waals surface area (Å²) in [7, 11) is 0. The molecule has 0 spiro atoms. The molecule has 21 heavy (non-hydrogen) atoms. The van der Waals surface area contributed by atoms with E-state index in [-0.39, 0.29) is 12.1 Å². The first-order valence-electron chi connectivity index (χ1n) is 8.23. The summed E-state index contributed by atoms with van der Waals surface area (Å²) in [5.74, 6) is 1.63. The number of rotatable bonds is 3. The number of nitrogens with zero attached hydrogens (tertiary/aromatic N) is 1. The summed E-state index contributed by atoms with van der Waals surface area (Å²) in [5, 5.41) is 3.40. The van der Waals surface area contributed by atoms with Crippen LogP contribution in [0.4, 0.5) is 0 Å². The highest BCUT2D eigenvalue weighted by Crippen LogP contribution is 2.40. The number of carbonyl (C=O) groups is 1. The van der Waals surface area contributed by atoms with E-state index in [1.54, 1.807) is 0 Å². The second-order valence-corrected chi connectivity index (χ2v) is 6.67. The average Bonchev–Trinajstić information content (AvgIpc) is 3.02. The van der Waals surface area contributed by atoms with Crippen molar-refractivity contribution in [3.05, 3.63) is 35.4 Å². The molecule has 4 atom stereocenters. The first-order chi connectivity index (χ1) is 10.1. The van der Waals surface area contributed by atoms with Crippen molar-refractivity contribution < 1.29 is 4.79 Å². The van der Waals surface area contributed by atoms with E-state index in [1.165, 1.54) is 24.0 Å². The van der Waals surface area contributed by atoms with Gasteiger partial charge in [-0.3, -0.25) is 10.1 Å². The Hall–Kier alpha value is -1.35. The van der Waals surface area contributed by atoms with Crippen LogP contribution in [-0.4, -0.2) is 23.4 Å². The molecule has 3 nitrogen and oxygen atoms in total. The van der Waals surface area contributed by atoms with Gasteiger partial charge in [0.05, 0.1) is 6.54 Å². The number of aryl methyl sites for hydroxylation is 1. The van der Waals surface area contributed by atoms with E-state index in [0.29, 0.717) is 18.5 Å². The highest BCUT2D eigenvalue weighted by atomic mass is 16.2. The first kappa shape index (κ1) is 14.6. The lowest BCUT2D eigenvalue weighted by molar-refractivity contribution is -0.131. The van der Waals surface area contributed by atoms with Crippen molar-refractivity contribution >= 4 is 5.91 Å². The summed E-state index contributed by atoms with van der Waals surface area (Å²) in [6.45, 7) is 7.16. The molecule has 1 N–H and O–H groups in total. The lowest BCUT2D eigenvalue weighted by atomic mass is 9.92.